The Labute approximate surface area is 120 Å². The normalized spacial score (nSPS) is 23.8. The number of likely N-dealkylation sites (tertiary alicyclic amines) is 1. The van der Waals surface area contributed by atoms with E-state index >= 15 is 0 Å². The Hall–Kier alpha value is -1.26. The molecule has 1 aromatic rings. The van der Waals surface area contributed by atoms with Crippen molar-refractivity contribution in [2.45, 2.75) is 38.3 Å². The summed E-state index contributed by atoms with van der Waals surface area (Å²) in [5, 5.41) is 10.3. The minimum atomic E-state index is -0.432. The van der Waals surface area contributed by atoms with Gasteiger partial charge in [0.1, 0.15) is 13.2 Å². The lowest BCUT2D eigenvalue weighted by molar-refractivity contribution is 0.138. The van der Waals surface area contributed by atoms with Gasteiger partial charge in [0, 0.05) is 12.6 Å². The summed E-state index contributed by atoms with van der Waals surface area (Å²) in [7, 11) is 0. The Bertz CT molecular complexity index is 463. The van der Waals surface area contributed by atoms with Gasteiger partial charge in [0.15, 0.2) is 11.5 Å². The predicted molar refractivity (Wildman–Crippen MR) is 77.3 cm³/mol. The van der Waals surface area contributed by atoms with Crippen molar-refractivity contribution < 1.29 is 14.6 Å². The molecule has 4 nitrogen and oxygen atoms in total. The number of fused-ring (bicyclic) bond motifs is 1. The fourth-order valence-electron chi connectivity index (χ4n) is 3.05. The van der Waals surface area contributed by atoms with E-state index < -0.39 is 6.10 Å². The third kappa shape index (κ3) is 2.91. The maximum atomic E-state index is 10.3. The summed E-state index contributed by atoms with van der Waals surface area (Å²) in [6.07, 6.45) is 2.89. The first-order valence-electron chi connectivity index (χ1n) is 7.56. The zero-order chi connectivity index (χ0) is 13.9. The lowest BCUT2D eigenvalue weighted by atomic mass is 10.1. The maximum Gasteiger partial charge on any atom is 0.161 e. The highest BCUT2D eigenvalue weighted by atomic mass is 16.6. The highest BCUT2D eigenvalue weighted by Crippen LogP contribution is 2.33. The molecule has 0 aromatic heterocycles. The van der Waals surface area contributed by atoms with Crippen molar-refractivity contribution in [3.63, 3.8) is 0 Å². The summed E-state index contributed by atoms with van der Waals surface area (Å²) in [6.45, 7) is 5.56. The molecule has 1 saturated heterocycles. The lowest BCUT2D eigenvalue weighted by Crippen LogP contribution is -2.28. The molecule has 0 aliphatic carbocycles. The first-order valence-corrected chi connectivity index (χ1v) is 7.56. The zero-order valence-electron chi connectivity index (χ0n) is 12.0. The van der Waals surface area contributed by atoms with Crippen molar-refractivity contribution in [1.29, 1.82) is 0 Å². The predicted octanol–water partition coefficient (Wildman–Crippen LogP) is 2.37. The number of benzene rings is 1. The third-order valence-electron chi connectivity index (χ3n) is 4.33. The van der Waals surface area contributed by atoms with Crippen LogP contribution in [0.25, 0.3) is 0 Å². The van der Waals surface area contributed by atoms with E-state index in [-0.39, 0.29) is 0 Å². The molecule has 1 aromatic carbocycles. The average molecular weight is 277 g/mol. The molecule has 2 atom stereocenters. The van der Waals surface area contributed by atoms with Crippen molar-refractivity contribution in [3.8, 4) is 11.5 Å². The molecule has 0 radical (unpaired) electrons. The largest absolute Gasteiger partial charge is 0.486 e. The molecule has 0 saturated carbocycles. The number of nitrogens with zero attached hydrogens (tertiary/aromatic N) is 1. The van der Waals surface area contributed by atoms with E-state index in [1.807, 2.05) is 18.2 Å². The highest BCUT2D eigenvalue weighted by Gasteiger charge is 2.21. The molecule has 2 heterocycles. The summed E-state index contributed by atoms with van der Waals surface area (Å²) >= 11 is 0. The molecular formula is C16H23NO3. The average Bonchev–Trinajstić information content (AvgIpc) is 2.89. The van der Waals surface area contributed by atoms with Crippen LogP contribution < -0.4 is 9.47 Å². The molecule has 0 amide bonds. The topological polar surface area (TPSA) is 41.9 Å². The highest BCUT2D eigenvalue weighted by molar-refractivity contribution is 5.44. The second kappa shape index (κ2) is 6.02. The molecular weight excluding hydrogens is 254 g/mol. The van der Waals surface area contributed by atoms with E-state index in [1.54, 1.807) is 0 Å². The van der Waals surface area contributed by atoms with E-state index in [9.17, 15) is 5.11 Å². The SMILES string of the molecule is C[C@H]1CCCN1CCC(O)c1ccc2c(c1)OCCO2. The Morgan fingerprint density at radius 3 is 2.85 bits per heavy atom. The molecule has 3 rings (SSSR count). The van der Waals surface area contributed by atoms with Gasteiger partial charge in [0.2, 0.25) is 0 Å². The molecule has 1 N–H and O–H groups in total. The van der Waals surface area contributed by atoms with Gasteiger partial charge in [-0.25, -0.2) is 0 Å². The van der Waals surface area contributed by atoms with Crippen LogP contribution in [0.4, 0.5) is 0 Å². The van der Waals surface area contributed by atoms with Crippen LogP contribution in [0, 0.1) is 0 Å². The van der Waals surface area contributed by atoms with E-state index in [0.29, 0.717) is 19.3 Å². The Balaban J connectivity index is 1.60. The van der Waals surface area contributed by atoms with Gasteiger partial charge in [-0.05, 0) is 50.4 Å². The van der Waals surface area contributed by atoms with Crippen molar-refractivity contribution in [3.05, 3.63) is 23.8 Å². The summed E-state index contributed by atoms with van der Waals surface area (Å²) in [4.78, 5) is 2.46. The summed E-state index contributed by atoms with van der Waals surface area (Å²) < 4.78 is 11.1. The van der Waals surface area contributed by atoms with Crippen LogP contribution in [0.1, 0.15) is 37.9 Å². The fourth-order valence-corrected chi connectivity index (χ4v) is 3.05. The van der Waals surface area contributed by atoms with Crippen molar-refractivity contribution in [2.24, 2.45) is 0 Å². The van der Waals surface area contributed by atoms with Gasteiger partial charge in [-0.2, -0.15) is 0 Å². The minimum absolute atomic E-state index is 0.432. The quantitative estimate of drug-likeness (QED) is 0.917. The van der Waals surface area contributed by atoms with Gasteiger partial charge in [-0.15, -0.1) is 0 Å². The van der Waals surface area contributed by atoms with Crippen LogP contribution in [-0.2, 0) is 0 Å². The number of aliphatic hydroxyl groups excluding tert-OH is 1. The molecule has 2 aliphatic rings. The lowest BCUT2D eigenvalue weighted by Gasteiger charge is -2.23. The van der Waals surface area contributed by atoms with Crippen LogP contribution >= 0.6 is 0 Å². The smallest absolute Gasteiger partial charge is 0.161 e. The van der Waals surface area contributed by atoms with E-state index in [0.717, 1.165) is 36.6 Å². The van der Waals surface area contributed by atoms with Crippen molar-refractivity contribution in [1.82, 2.24) is 4.90 Å². The van der Waals surface area contributed by atoms with Crippen LogP contribution in [0.3, 0.4) is 0 Å². The molecule has 110 valence electrons. The summed E-state index contributed by atoms with van der Waals surface area (Å²) in [5.74, 6) is 1.53. The molecule has 2 aliphatic heterocycles. The van der Waals surface area contributed by atoms with Crippen LogP contribution in [0.15, 0.2) is 18.2 Å². The Morgan fingerprint density at radius 1 is 1.30 bits per heavy atom. The standard InChI is InChI=1S/C16H23NO3/c1-12-3-2-7-17(12)8-6-14(18)13-4-5-15-16(11-13)20-10-9-19-15/h4-5,11-12,14,18H,2-3,6-10H2,1H3/t12-,14?/m0/s1. The molecule has 1 unspecified atom stereocenters. The van der Waals surface area contributed by atoms with E-state index in [4.69, 9.17) is 9.47 Å². The number of hydrogen-bond donors (Lipinski definition) is 1. The summed E-state index contributed by atoms with van der Waals surface area (Å²) in [6, 6.07) is 6.39. The van der Waals surface area contributed by atoms with Gasteiger partial charge in [-0.1, -0.05) is 6.07 Å². The van der Waals surface area contributed by atoms with Crippen molar-refractivity contribution >= 4 is 0 Å². The van der Waals surface area contributed by atoms with Crippen LogP contribution in [-0.4, -0.2) is 42.4 Å². The van der Waals surface area contributed by atoms with Gasteiger partial charge >= 0.3 is 0 Å². The van der Waals surface area contributed by atoms with Gasteiger partial charge in [-0.3, -0.25) is 0 Å². The zero-order valence-corrected chi connectivity index (χ0v) is 12.0. The monoisotopic (exact) mass is 277 g/mol. The number of rotatable bonds is 4. The number of ether oxygens (including phenoxy) is 2. The van der Waals surface area contributed by atoms with Crippen molar-refractivity contribution in [2.75, 3.05) is 26.3 Å². The van der Waals surface area contributed by atoms with Crippen LogP contribution in [0.5, 0.6) is 11.5 Å². The third-order valence-corrected chi connectivity index (χ3v) is 4.33. The van der Waals surface area contributed by atoms with E-state index in [2.05, 4.69) is 11.8 Å². The molecule has 0 bridgehead atoms. The fraction of sp³-hybridized carbons (Fsp3) is 0.625. The first kappa shape index (κ1) is 13.7. The molecule has 4 heteroatoms. The van der Waals surface area contributed by atoms with E-state index in [1.165, 1.54) is 12.8 Å². The Kier molecular flexibility index (Phi) is 4.13. The molecule has 20 heavy (non-hydrogen) atoms. The van der Waals surface area contributed by atoms with Crippen LogP contribution in [0.2, 0.25) is 0 Å². The Morgan fingerprint density at radius 2 is 2.10 bits per heavy atom. The summed E-state index contributed by atoms with van der Waals surface area (Å²) in [5.41, 5.74) is 0.918. The van der Waals surface area contributed by atoms with Gasteiger partial charge in [0.05, 0.1) is 6.10 Å². The maximum absolute atomic E-state index is 10.3. The molecule has 0 spiro atoms. The minimum Gasteiger partial charge on any atom is -0.486 e. The number of hydrogen-bond acceptors (Lipinski definition) is 4. The number of aliphatic hydroxyl groups is 1. The van der Waals surface area contributed by atoms with Gasteiger partial charge < -0.3 is 19.5 Å². The first-order chi connectivity index (χ1) is 9.74. The second-order valence-electron chi connectivity index (χ2n) is 5.73. The van der Waals surface area contributed by atoms with Gasteiger partial charge in [0.25, 0.3) is 0 Å². The second-order valence-corrected chi connectivity index (χ2v) is 5.73. The molecule has 1 fully saturated rings.